The monoisotopic (exact) mass is 202 g/mol. The molecule has 0 amide bonds. The van der Waals surface area contributed by atoms with Crippen LogP contribution in [0.5, 0.6) is 0 Å². The Labute approximate surface area is 91.8 Å². The molecule has 1 nitrogen and oxygen atoms in total. The molecule has 1 aliphatic rings. The predicted molar refractivity (Wildman–Crippen MR) is 62.7 cm³/mol. The van der Waals surface area contributed by atoms with Gasteiger partial charge in [-0.2, -0.15) is 0 Å². The molecule has 1 aromatic carbocycles. The molecule has 0 radical (unpaired) electrons. The van der Waals surface area contributed by atoms with Crippen molar-refractivity contribution in [2.24, 2.45) is 5.92 Å². The van der Waals surface area contributed by atoms with E-state index in [9.17, 15) is 0 Å². The van der Waals surface area contributed by atoms with Crippen molar-refractivity contribution in [1.29, 1.82) is 0 Å². The molecule has 0 aromatic heterocycles. The zero-order valence-electron chi connectivity index (χ0n) is 9.23. The van der Waals surface area contributed by atoms with E-state index < -0.39 is 0 Å². The van der Waals surface area contributed by atoms with Gasteiger partial charge in [-0.3, -0.25) is 0 Å². The van der Waals surface area contributed by atoms with Gasteiger partial charge in [-0.25, -0.2) is 0 Å². The summed E-state index contributed by atoms with van der Waals surface area (Å²) in [4.78, 5) is 0. The van der Waals surface area contributed by atoms with Crippen molar-refractivity contribution in [2.45, 2.75) is 25.9 Å². The topological polar surface area (TPSA) is 9.23 Å². The van der Waals surface area contributed by atoms with Crippen molar-refractivity contribution >= 4 is 0 Å². The van der Waals surface area contributed by atoms with Gasteiger partial charge in [0.2, 0.25) is 0 Å². The molecule has 0 bridgehead atoms. The van der Waals surface area contributed by atoms with Crippen LogP contribution >= 0.6 is 0 Å². The molecule has 1 aliphatic heterocycles. The number of ether oxygens (including phenoxy) is 1. The molecule has 0 unspecified atom stereocenters. The van der Waals surface area contributed by atoms with Crippen molar-refractivity contribution in [1.82, 2.24) is 0 Å². The Hall–Kier alpha value is -1.08. The Bertz CT molecular complexity index is 315. The van der Waals surface area contributed by atoms with Crippen molar-refractivity contribution in [3.05, 3.63) is 48.0 Å². The fraction of sp³-hybridized carbons (Fsp3) is 0.429. The van der Waals surface area contributed by atoms with E-state index in [0.717, 1.165) is 6.61 Å². The van der Waals surface area contributed by atoms with Gasteiger partial charge in [-0.1, -0.05) is 55.8 Å². The van der Waals surface area contributed by atoms with E-state index in [1.165, 1.54) is 18.4 Å². The number of rotatable bonds is 3. The molecule has 0 saturated heterocycles. The van der Waals surface area contributed by atoms with Gasteiger partial charge in [0.15, 0.2) is 0 Å². The molecule has 1 heterocycles. The predicted octanol–water partition coefficient (Wildman–Crippen LogP) is 3.73. The zero-order valence-corrected chi connectivity index (χ0v) is 9.23. The van der Waals surface area contributed by atoms with E-state index >= 15 is 0 Å². The third-order valence-electron chi connectivity index (χ3n) is 2.89. The lowest BCUT2D eigenvalue weighted by atomic mass is 9.90. The fourth-order valence-electron chi connectivity index (χ4n) is 2.18. The maximum atomic E-state index is 5.84. The van der Waals surface area contributed by atoms with E-state index in [1.54, 1.807) is 0 Å². The summed E-state index contributed by atoms with van der Waals surface area (Å²) < 4.78 is 5.84. The smallest absolute Gasteiger partial charge is 0.0891 e. The van der Waals surface area contributed by atoms with Crippen LogP contribution in [0, 0.1) is 5.92 Å². The third-order valence-corrected chi connectivity index (χ3v) is 2.89. The van der Waals surface area contributed by atoms with Crippen LogP contribution in [-0.2, 0) is 4.74 Å². The Morgan fingerprint density at radius 1 is 1.27 bits per heavy atom. The summed E-state index contributed by atoms with van der Waals surface area (Å²) in [6, 6.07) is 10.5. The maximum Gasteiger partial charge on any atom is 0.0891 e. The van der Waals surface area contributed by atoms with E-state index in [0.29, 0.717) is 5.92 Å². The Morgan fingerprint density at radius 2 is 2.07 bits per heavy atom. The first-order chi connectivity index (χ1) is 7.42. The standard InChI is InChI=1S/C14H18O/c1-2-7-12-10-6-11-15-14(12)13-8-4-3-5-9-13/h3-6,8-10,12,14H,2,7,11H2,1H3/t12-,14-/m0/s1. The van der Waals surface area contributed by atoms with Crippen LogP contribution in [0.3, 0.4) is 0 Å². The van der Waals surface area contributed by atoms with Crippen LogP contribution in [0.15, 0.2) is 42.5 Å². The number of benzene rings is 1. The minimum Gasteiger partial charge on any atom is -0.369 e. The second kappa shape index (κ2) is 5.13. The summed E-state index contributed by atoms with van der Waals surface area (Å²) in [5.41, 5.74) is 1.31. The summed E-state index contributed by atoms with van der Waals surface area (Å²) in [6.07, 6.45) is 7.12. The van der Waals surface area contributed by atoms with Gasteiger partial charge < -0.3 is 4.74 Å². The molecular formula is C14H18O. The molecule has 0 aliphatic carbocycles. The van der Waals surface area contributed by atoms with E-state index in [2.05, 4.69) is 49.4 Å². The molecule has 0 saturated carbocycles. The van der Waals surface area contributed by atoms with E-state index in [-0.39, 0.29) is 6.10 Å². The van der Waals surface area contributed by atoms with Crippen molar-refractivity contribution < 1.29 is 4.74 Å². The highest BCUT2D eigenvalue weighted by atomic mass is 16.5. The summed E-state index contributed by atoms with van der Waals surface area (Å²) in [6.45, 7) is 2.98. The highest BCUT2D eigenvalue weighted by Crippen LogP contribution is 2.32. The van der Waals surface area contributed by atoms with E-state index in [4.69, 9.17) is 4.74 Å². The Balaban J connectivity index is 2.16. The average molecular weight is 202 g/mol. The minimum absolute atomic E-state index is 0.260. The summed E-state index contributed by atoms with van der Waals surface area (Å²) in [7, 11) is 0. The summed E-state index contributed by atoms with van der Waals surface area (Å²) in [5.74, 6) is 0.547. The van der Waals surface area contributed by atoms with Crippen LogP contribution < -0.4 is 0 Å². The lowest BCUT2D eigenvalue weighted by Gasteiger charge is -2.28. The fourth-order valence-corrected chi connectivity index (χ4v) is 2.18. The lowest BCUT2D eigenvalue weighted by Crippen LogP contribution is -2.18. The van der Waals surface area contributed by atoms with Gasteiger partial charge in [0.1, 0.15) is 0 Å². The molecule has 0 spiro atoms. The highest BCUT2D eigenvalue weighted by molar-refractivity contribution is 5.20. The second-order valence-electron chi connectivity index (χ2n) is 4.05. The van der Waals surface area contributed by atoms with Gasteiger partial charge in [0.25, 0.3) is 0 Å². The van der Waals surface area contributed by atoms with Crippen LogP contribution in [0.4, 0.5) is 0 Å². The Kier molecular flexibility index (Phi) is 3.57. The molecule has 15 heavy (non-hydrogen) atoms. The van der Waals surface area contributed by atoms with Gasteiger partial charge in [-0.15, -0.1) is 0 Å². The maximum absolute atomic E-state index is 5.84. The lowest BCUT2D eigenvalue weighted by molar-refractivity contribution is 0.0291. The summed E-state index contributed by atoms with van der Waals surface area (Å²) >= 11 is 0. The average Bonchev–Trinajstić information content (AvgIpc) is 2.31. The summed E-state index contributed by atoms with van der Waals surface area (Å²) in [5, 5.41) is 0. The zero-order chi connectivity index (χ0) is 10.5. The quantitative estimate of drug-likeness (QED) is 0.679. The molecule has 0 fully saturated rings. The third kappa shape index (κ3) is 2.48. The van der Waals surface area contributed by atoms with E-state index in [1.807, 2.05) is 0 Å². The number of hydrogen-bond donors (Lipinski definition) is 0. The van der Waals surface area contributed by atoms with Gasteiger partial charge >= 0.3 is 0 Å². The largest absolute Gasteiger partial charge is 0.369 e. The normalized spacial score (nSPS) is 25.4. The van der Waals surface area contributed by atoms with Crippen LogP contribution in [0.1, 0.15) is 31.4 Å². The van der Waals surface area contributed by atoms with Crippen molar-refractivity contribution in [3.8, 4) is 0 Å². The second-order valence-corrected chi connectivity index (χ2v) is 4.05. The van der Waals surface area contributed by atoms with Crippen LogP contribution in [-0.4, -0.2) is 6.61 Å². The Morgan fingerprint density at radius 3 is 2.80 bits per heavy atom. The minimum atomic E-state index is 0.260. The van der Waals surface area contributed by atoms with Crippen molar-refractivity contribution in [2.75, 3.05) is 6.61 Å². The van der Waals surface area contributed by atoms with Crippen LogP contribution in [0.2, 0.25) is 0 Å². The van der Waals surface area contributed by atoms with Crippen LogP contribution in [0.25, 0.3) is 0 Å². The number of hydrogen-bond acceptors (Lipinski definition) is 1. The van der Waals surface area contributed by atoms with Gasteiger partial charge in [0.05, 0.1) is 12.7 Å². The van der Waals surface area contributed by atoms with Gasteiger partial charge in [0, 0.05) is 5.92 Å². The molecule has 80 valence electrons. The molecular weight excluding hydrogens is 184 g/mol. The first-order valence-corrected chi connectivity index (χ1v) is 5.75. The molecule has 1 heteroatoms. The van der Waals surface area contributed by atoms with Gasteiger partial charge in [-0.05, 0) is 12.0 Å². The first-order valence-electron chi connectivity index (χ1n) is 5.75. The highest BCUT2D eigenvalue weighted by Gasteiger charge is 2.22. The molecule has 1 aromatic rings. The molecule has 0 N–H and O–H groups in total. The SMILES string of the molecule is CCC[C@H]1C=CCO[C@@H]1c1ccccc1. The first kappa shape index (κ1) is 10.4. The molecule has 2 rings (SSSR count). The molecule has 2 atom stereocenters. The van der Waals surface area contributed by atoms with Crippen molar-refractivity contribution in [3.63, 3.8) is 0 Å².